The summed E-state index contributed by atoms with van der Waals surface area (Å²) in [6, 6.07) is 12.0. The number of benzene rings is 2. The van der Waals surface area contributed by atoms with Crippen LogP contribution < -0.4 is 4.90 Å². The molecule has 0 aromatic heterocycles. The van der Waals surface area contributed by atoms with E-state index in [0.29, 0.717) is 12.1 Å². The molecule has 0 bridgehead atoms. The second-order valence-electron chi connectivity index (χ2n) is 8.54. The third-order valence-electron chi connectivity index (χ3n) is 4.99. The number of nitrogens with zero attached hydrogens (tertiary/aromatic N) is 1. The van der Waals surface area contributed by atoms with Gasteiger partial charge in [-0.15, -0.1) is 0 Å². The summed E-state index contributed by atoms with van der Waals surface area (Å²) in [6.07, 6.45) is 0.0651. The Morgan fingerprint density at radius 3 is 2.31 bits per heavy atom. The largest absolute Gasteiger partial charge is 0.468 e. The van der Waals surface area contributed by atoms with Crippen molar-refractivity contribution in [2.75, 3.05) is 18.6 Å². The smallest absolute Gasteiger partial charge is 0.414 e. The topological polar surface area (TPSA) is 55.8 Å². The molecule has 0 radical (unpaired) electrons. The first-order valence-electron chi connectivity index (χ1n) is 9.50. The molecule has 0 saturated heterocycles. The van der Waals surface area contributed by atoms with Crippen LogP contribution in [0.5, 0.6) is 0 Å². The molecule has 29 heavy (non-hydrogen) atoms. The molecule has 6 heteroatoms. The molecule has 1 atom stereocenters. The fourth-order valence-corrected chi connectivity index (χ4v) is 3.58. The molecule has 1 amide bonds. The number of methoxy groups -OCH3 is 1. The van der Waals surface area contributed by atoms with Gasteiger partial charge in [-0.1, -0.05) is 24.3 Å². The number of halogens is 1. The summed E-state index contributed by atoms with van der Waals surface area (Å²) in [5, 5.41) is 0. The molecule has 5 nitrogen and oxygen atoms in total. The van der Waals surface area contributed by atoms with Crippen molar-refractivity contribution in [1.82, 2.24) is 0 Å². The number of hydrogen-bond donors (Lipinski definition) is 0. The van der Waals surface area contributed by atoms with Crippen molar-refractivity contribution in [3.63, 3.8) is 0 Å². The van der Waals surface area contributed by atoms with Gasteiger partial charge in [0, 0.05) is 6.54 Å². The number of fused-ring (bicyclic) bond motifs is 1. The van der Waals surface area contributed by atoms with Crippen LogP contribution in [-0.4, -0.2) is 31.3 Å². The van der Waals surface area contributed by atoms with Gasteiger partial charge in [0.1, 0.15) is 16.8 Å². The highest BCUT2D eigenvalue weighted by Crippen LogP contribution is 2.43. The third-order valence-corrected chi connectivity index (χ3v) is 4.99. The van der Waals surface area contributed by atoms with E-state index in [0.717, 1.165) is 16.7 Å². The maximum atomic E-state index is 13.2. The number of hydrogen-bond acceptors (Lipinski definition) is 4. The number of rotatable bonds is 3. The predicted molar refractivity (Wildman–Crippen MR) is 109 cm³/mol. The lowest BCUT2D eigenvalue weighted by molar-refractivity contribution is -0.146. The van der Waals surface area contributed by atoms with Gasteiger partial charge < -0.3 is 9.47 Å². The van der Waals surface area contributed by atoms with Crippen LogP contribution in [0.4, 0.5) is 14.9 Å². The predicted octanol–water partition coefficient (Wildman–Crippen LogP) is 4.60. The Labute approximate surface area is 170 Å². The monoisotopic (exact) mass is 399 g/mol. The fourth-order valence-electron chi connectivity index (χ4n) is 3.58. The first-order valence-corrected chi connectivity index (χ1v) is 9.50. The second-order valence-corrected chi connectivity index (χ2v) is 8.54. The van der Waals surface area contributed by atoms with Gasteiger partial charge >= 0.3 is 12.1 Å². The normalized spacial score (nSPS) is 18.3. The minimum Gasteiger partial charge on any atom is -0.468 e. The van der Waals surface area contributed by atoms with E-state index in [9.17, 15) is 14.0 Å². The van der Waals surface area contributed by atoms with Crippen LogP contribution in [0.15, 0.2) is 42.5 Å². The lowest BCUT2D eigenvalue weighted by Gasteiger charge is -2.26. The van der Waals surface area contributed by atoms with Crippen LogP contribution in [-0.2, 0) is 26.1 Å². The maximum absolute atomic E-state index is 13.2. The van der Waals surface area contributed by atoms with E-state index >= 15 is 0 Å². The number of anilines is 1. The van der Waals surface area contributed by atoms with Gasteiger partial charge in [0.05, 0.1) is 12.8 Å². The Hall–Kier alpha value is -2.89. The molecule has 1 aliphatic rings. The van der Waals surface area contributed by atoms with Gasteiger partial charge in [0.2, 0.25) is 0 Å². The van der Waals surface area contributed by atoms with Crippen molar-refractivity contribution in [1.29, 1.82) is 0 Å². The van der Waals surface area contributed by atoms with Crippen molar-refractivity contribution in [3.05, 3.63) is 65.0 Å². The molecule has 1 heterocycles. The van der Waals surface area contributed by atoms with Crippen LogP contribution in [0.25, 0.3) is 0 Å². The zero-order chi connectivity index (χ0) is 21.4. The van der Waals surface area contributed by atoms with Gasteiger partial charge in [0.25, 0.3) is 0 Å². The van der Waals surface area contributed by atoms with Crippen molar-refractivity contribution in [2.24, 2.45) is 0 Å². The lowest BCUT2D eigenvalue weighted by Crippen LogP contribution is -2.42. The minimum atomic E-state index is -0.977. The van der Waals surface area contributed by atoms with Gasteiger partial charge in [-0.25, -0.2) is 9.18 Å². The van der Waals surface area contributed by atoms with Crippen LogP contribution in [0.1, 0.15) is 44.4 Å². The molecule has 3 rings (SSSR count). The standard InChI is InChI=1S/C23H26FNO4/c1-22(2,3)29-21(27)25-14-23(4,20(26)28-5)18-11-8-16(13-19(18)25)12-15-6-9-17(24)10-7-15/h6-11,13H,12,14H2,1-5H3/t23-/m1/s1. The number of amides is 1. The molecular weight excluding hydrogens is 373 g/mol. The summed E-state index contributed by atoms with van der Waals surface area (Å²) in [7, 11) is 1.34. The average Bonchev–Trinajstić information content (AvgIpc) is 2.95. The first kappa shape index (κ1) is 20.8. The summed E-state index contributed by atoms with van der Waals surface area (Å²) in [5.74, 6) is -0.691. The molecular formula is C23H26FNO4. The molecule has 0 N–H and O–H groups in total. The van der Waals surface area contributed by atoms with E-state index in [2.05, 4.69) is 0 Å². The fraction of sp³-hybridized carbons (Fsp3) is 0.391. The Bertz CT molecular complexity index is 933. The highest BCUT2D eigenvalue weighted by atomic mass is 19.1. The van der Waals surface area contributed by atoms with Crippen LogP contribution in [0.3, 0.4) is 0 Å². The van der Waals surface area contributed by atoms with Crippen LogP contribution in [0, 0.1) is 5.82 Å². The van der Waals surface area contributed by atoms with Gasteiger partial charge in [-0.05, 0) is 69.0 Å². The SMILES string of the molecule is COC(=O)[C@]1(C)CN(C(=O)OC(C)(C)C)c2cc(Cc3ccc(F)cc3)ccc21. The number of ether oxygens (including phenoxy) is 2. The molecule has 154 valence electrons. The van der Waals surface area contributed by atoms with E-state index in [1.807, 2.05) is 18.2 Å². The number of carbonyl (C=O) groups is 2. The van der Waals surface area contributed by atoms with E-state index in [4.69, 9.17) is 9.47 Å². The molecule has 2 aromatic rings. The van der Waals surface area contributed by atoms with Crippen molar-refractivity contribution in [2.45, 2.75) is 45.1 Å². The molecule has 0 aliphatic carbocycles. The molecule has 0 fully saturated rings. The number of carbonyl (C=O) groups excluding carboxylic acids is 2. The minimum absolute atomic E-state index is 0.143. The zero-order valence-corrected chi connectivity index (χ0v) is 17.4. The summed E-state index contributed by atoms with van der Waals surface area (Å²) < 4.78 is 23.7. The Kier molecular flexibility index (Phi) is 5.39. The average molecular weight is 399 g/mol. The van der Waals surface area contributed by atoms with Crippen molar-refractivity contribution < 1.29 is 23.5 Å². The highest BCUT2D eigenvalue weighted by molar-refractivity contribution is 5.98. The Morgan fingerprint density at radius 2 is 1.72 bits per heavy atom. The van der Waals surface area contributed by atoms with E-state index < -0.39 is 23.1 Å². The lowest BCUT2D eigenvalue weighted by atomic mass is 9.84. The van der Waals surface area contributed by atoms with E-state index in [-0.39, 0.29) is 12.4 Å². The third kappa shape index (κ3) is 4.26. The quantitative estimate of drug-likeness (QED) is 0.708. The highest BCUT2D eigenvalue weighted by Gasteiger charge is 2.48. The maximum Gasteiger partial charge on any atom is 0.414 e. The Balaban J connectivity index is 1.99. The van der Waals surface area contributed by atoms with Gasteiger partial charge in [-0.3, -0.25) is 9.69 Å². The molecule has 0 spiro atoms. The molecule has 0 saturated carbocycles. The van der Waals surface area contributed by atoms with Crippen LogP contribution in [0.2, 0.25) is 0 Å². The summed E-state index contributed by atoms with van der Waals surface area (Å²) in [6.45, 7) is 7.30. The van der Waals surface area contributed by atoms with Gasteiger partial charge in [0.15, 0.2) is 0 Å². The molecule has 1 aliphatic heterocycles. The molecule has 2 aromatic carbocycles. The Morgan fingerprint density at radius 1 is 1.10 bits per heavy atom. The first-order chi connectivity index (χ1) is 13.5. The van der Waals surface area contributed by atoms with E-state index in [1.165, 1.54) is 24.1 Å². The van der Waals surface area contributed by atoms with Gasteiger partial charge in [-0.2, -0.15) is 0 Å². The summed E-state index contributed by atoms with van der Waals surface area (Å²) in [4.78, 5) is 26.9. The summed E-state index contributed by atoms with van der Waals surface area (Å²) >= 11 is 0. The zero-order valence-electron chi connectivity index (χ0n) is 17.4. The molecule has 0 unspecified atom stereocenters. The van der Waals surface area contributed by atoms with E-state index in [1.54, 1.807) is 39.8 Å². The van der Waals surface area contributed by atoms with Crippen molar-refractivity contribution >= 4 is 17.7 Å². The van der Waals surface area contributed by atoms with Crippen molar-refractivity contribution in [3.8, 4) is 0 Å². The summed E-state index contributed by atoms with van der Waals surface area (Å²) in [5.41, 5.74) is 1.61. The number of esters is 1. The van der Waals surface area contributed by atoms with Crippen LogP contribution >= 0.6 is 0 Å². The second kappa shape index (κ2) is 7.50.